The Morgan fingerprint density at radius 3 is 2.68 bits per heavy atom. The molecule has 0 radical (unpaired) electrons. The van der Waals surface area contributed by atoms with E-state index in [0.29, 0.717) is 43.4 Å². The quantitative estimate of drug-likeness (QED) is 0.642. The first kappa shape index (κ1) is 21.5. The molecule has 0 spiro atoms. The molecule has 2 aromatic rings. The van der Waals surface area contributed by atoms with E-state index in [0.717, 1.165) is 24.9 Å². The number of aromatic nitrogens is 2. The van der Waals surface area contributed by atoms with Crippen molar-refractivity contribution in [3.63, 3.8) is 0 Å². The van der Waals surface area contributed by atoms with Gasteiger partial charge in [0.1, 0.15) is 0 Å². The van der Waals surface area contributed by atoms with Gasteiger partial charge in [0.05, 0.1) is 6.04 Å². The Bertz CT molecular complexity index is 876. The van der Waals surface area contributed by atoms with Gasteiger partial charge in [-0.15, -0.1) is 0 Å². The zero-order valence-electron chi connectivity index (χ0n) is 18.3. The number of carbonyl (C=O) groups is 2. The standard InChI is InChI=1S/C24H32N4O3/c1-27(17-19-10-3-2-4-11-19)22(29)14-13-21-25-24(26-31-21)20-12-7-15-28(20)23(30)16-18-8-5-6-9-18/h2-4,10-11,18,20H,5-9,12-17H2,1H3. The van der Waals surface area contributed by atoms with Gasteiger partial charge < -0.3 is 14.3 Å². The molecule has 1 aromatic heterocycles. The van der Waals surface area contributed by atoms with Crippen LogP contribution in [-0.4, -0.2) is 45.3 Å². The minimum absolute atomic E-state index is 0.0397. The van der Waals surface area contributed by atoms with Gasteiger partial charge in [0.15, 0.2) is 5.82 Å². The Morgan fingerprint density at radius 1 is 1.13 bits per heavy atom. The summed E-state index contributed by atoms with van der Waals surface area (Å²) in [6, 6.07) is 9.83. The Morgan fingerprint density at radius 2 is 1.90 bits per heavy atom. The summed E-state index contributed by atoms with van der Waals surface area (Å²) < 4.78 is 5.42. The van der Waals surface area contributed by atoms with Gasteiger partial charge in [-0.05, 0) is 37.2 Å². The minimum atomic E-state index is -0.0946. The summed E-state index contributed by atoms with van der Waals surface area (Å²) >= 11 is 0. The second-order valence-electron chi connectivity index (χ2n) is 8.88. The van der Waals surface area contributed by atoms with E-state index in [-0.39, 0.29) is 17.9 Å². The van der Waals surface area contributed by atoms with Gasteiger partial charge in [-0.25, -0.2) is 0 Å². The summed E-state index contributed by atoms with van der Waals surface area (Å²) in [5.74, 6) is 1.84. The van der Waals surface area contributed by atoms with E-state index in [9.17, 15) is 9.59 Å². The molecule has 4 rings (SSSR count). The van der Waals surface area contributed by atoms with Crippen LogP contribution in [0.2, 0.25) is 0 Å². The van der Waals surface area contributed by atoms with E-state index in [2.05, 4.69) is 10.1 Å². The molecule has 7 nitrogen and oxygen atoms in total. The van der Waals surface area contributed by atoms with Gasteiger partial charge in [0.25, 0.3) is 0 Å². The molecular formula is C24H32N4O3. The highest BCUT2D eigenvalue weighted by Gasteiger charge is 2.34. The predicted octanol–water partition coefficient (Wildman–Crippen LogP) is 3.90. The first-order chi connectivity index (χ1) is 15.1. The van der Waals surface area contributed by atoms with Gasteiger partial charge >= 0.3 is 0 Å². The molecule has 1 aromatic carbocycles. The van der Waals surface area contributed by atoms with Crippen molar-refractivity contribution < 1.29 is 14.1 Å². The van der Waals surface area contributed by atoms with Crippen LogP contribution in [0.3, 0.4) is 0 Å². The molecule has 1 unspecified atom stereocenters. The zero-order chi connectivity index (χ0) is 21.6. The van der Waals surface area contributed by atoms with Crippen LogP contribution in [0.4, 0.5) is 0 Å². The van der Waals surface area contributed by atoms with Crippen molar-refractivity contribution in [2.45, 2.75) is 70.4 Å². The molecule has 31 heavy (non-hydrogen) atoms. The van der Waals surface area contributed by atoms with Gasteiger partial charge in [-0.2, -0.15) is 4.98 Å². The van der Waals surface area contributed by atoms with Crippen LogP contribution in [0.25, 0.3) is 0 Å². The highest BCUT2D eigenvalue weighted by Crippen LogP contribution is 2.34. The van der Waals surface area contributed by atoms with Crippen LogP contribution in [0.1, 0.15) is 74.7 Å². The third-order valence-electron chi connectivity index (χ3n) is 6.53. The molecule has 166 valence electrons. The lowest BCUT2D eigenvalue weighted by atomic mass is 10.0. The van der Waals surface area contributed by atoms with Crippen molar-refractivity contribution in [2.24, 2.45) is 5.92 Å². The lowest BCUT2D eigenvalue weighted by Gasteiger charge is -2.23. The lowest BCUT2D eigenvalue weighted by molar-refractivity contribution is -0.133. The number of amides is 2. The number of nitrogens with zero attached hydrogens (tertiary/aromatic N) is 4. The lowest BCUT2D eigenvalue weighted by Crippen LogP contribution is -2.32. The molecule has 2 amide bonds. The fraction of sp³-hybridized carbons (Fsp3) is 0.583. The third-order valence-corrected chi connectivity index (χ3v) is 6.53. The zero-order valence-corrected chi connectivity index (χ0v) is 18.3. The first-order valence-electron chi connectivity index (χ1n) is 11.5. The monoisotopic (exact) mass is 424 g/mol. The molecule has 1 atom stereocenters. The number of hydrogen-bond donors (Lipinski definition) is 0. The van der Waals surface area contributed by atoms with E-state index in [1.165, 1.54) is 25.7 Å². The van der Waals surface area contributed by atoms with Gasteiger partial charge in [-0.3, -0.25) is 9.59 Å². The van der Waals surface area contributed by atoms with Crippen molar-refractivity contribution in [1.29, 1.82) is 0 Å². The molecule has 2 fully saturated rings. The number of benzene rings is 1. The van der Waals surface area contributed by atoms with Crippen LogP contribution in [-0.2, 0) is 22.6 Å². The number of aryl methyl sites for hydroxylation is 1. The summed E-state index contributed by atoms with van der Waals surface area (Å²) in [5, 5.41) is 4.15. The number of likely N-dealkylation sites (tertiary alicyclic amines) is 1. The van der Waals surface area contributed by atoms with Crippen molar-refractivity contribution in [2.75, 3.05) is 13.6 Å². The largest absolute Gasteiger partial charge is 0.341 e. The summed E-state index contributed by atoms with van der Waals surface area (Å²) in [6.07, 6.45) is 8.04. The maximum absolute atomic E-state index is 12.8. The molecule has 1 saturated heterocycles. The molecular weight excluding hydrogens is 392 g/mol. The Balaban J connectivity index is 1.29. The summed E-state index contributed by atoms with van der Waals surface area (Å²) in [7, 11) is 1.81. The molecule has 0 N–H and O–H groups in total. The maximum atomic E-state index is 12.8. The highest BCUT2D eigenvalue weighted by atomic mass is 16.5. The van der Waals surface area contributed by atoms with Crippen molar-refractivity contribution in [3.8, 4) is 0 Å². The average molecular weight is 425 g/mol. The van der Waals surface area contributed by atoms with Crippen LogP contribution in [0.15, 0.2) is 34.9 Å². The smallest absolute Gasteiger partial charge is 0.227 e. The van der Waals surface area contributed by atoms with Gasteiger partial charge in [0, 0.05) is 39.4 Å². The summed E-state index contributed by atoms with van der Waals surface area (Å²) in [4.78, 5) is 33.5. The van der Waals surface area contributed by atoms with E-state index < -0.39 is 0 Å². The number of hydrogen-bond acceptors (Lipinski definition) is 5. The Labute approximate surface area is 183 Å². The minimum Gasteiger partial charge on any atom is -0.341 e. The van der Waals surface area contributed by atoms with Crippen molar-refractivity contribution in [1.82, 2.24) is 19.9 Å². The summed E-state index contributed by atoms with van der Waals surface area (Å²) in [6.45, 7) is 1.34. The molecule has 1 aliphatic heterocycles. The van der Waals surface area contributed by atoms with Crippen LogP contribution >= 0.6 is 0 Å². The SMILES string of the molecule is CN(Cc1ccccc1)C(=O)CCc1nc(C2CCCN2C(=O)CC2CCCC2)no1. The van der Waals surface area contributed by atoms with Crippen molar-refractivity contribution >= 4 is 11.8 Å². The maximum Gasteiger partial charge on any atom is 0.227 e. The van der Waals surface area contributed by atoms with Gasteiger partial charge in [-0.1, -0.05) is 48.3 Å². The first-order valence-corrected chi connectivity index (χ1v) is 11.5. The van der Waals surface area contributed by atoms with Crippen LogP contribution in [0, 0.1) is 5.92 Å². The molecule has 0 bridgehead atoms. The van der Waals surface area contributed by atoms with E-state index in [1.807, 2.05) is 35.2 Å². The second kappa shape index (κ2) is 10.1. The average Bonchev–Trinajstić information content (AvgIpc) is 3.53. The Kier molecular flexibility index (Phi) is 6.99. The normalized spacial score (nSPS) is 19.1. The molecule has 1 aliphatic carbocycles. The van der Waals surface area contributed by atoms with E-state index >= 15 is 0 Å². The fourth-order valence-corrected chi connectivity index (χ4v) is 4.77. The highest BCUT2D eigenvalue weighted by molar-refractivity contribution is 5.77. The van der Waals surface area contributed by atoms with Gasteiger partial charge in [0.2, 0.25) is 17.7 Å². The number of rotatable bonds is 8. The van der Waals surface area contributed by atoms with Crippen LogP contribution in [0.5, 0.6) is 0 Å². The van der Waals surface area contributed by atoms with Crippen LogP contribution < -0.4 is 0 Å². The fourth-order valence-electron chi connectivity index (χ4n) is 4.77. The molecule has 2 aliphatic rings. The van der Waals surface area contributed by atoms with E-state index in [1.54, 1.807) is 11.9 Å². The summed E-state index contributed by atoms with van der Waals surface area (Å²) in [5.41, 5.74) is 1.10. The Hall–Kier alpha value is -2.70. The number of carbonyl (C=O) groups excluding carboxylic acids is 2. The van der Waals surface area contributed by atoms with Crippen molar-refractivity contribution in [3.05, 3.63) is 47.6 Å². The predicted molar refractivity (Wildman–Crippen MR) is 116 cm³/mol. The molecule has 2 heterocycles. The molecule has 7 heteroatoms. The topological polar surface area (TPSA) is 79.5 Å². The second-order valence-corrected chi connectivity index (χ2v) is 8.88. The molecule has 1 saturated carbocycles. The van der Waals surface area contributed by atoms with E-state index in [4.69, 9.17) is 4.52 Å². The third kappa shape index (κ3) is 5.51.